The molecule has 2 aromatic carbocycles. The van der Waals surface area contributed by atoms with Gasteiger partial charge in [0.1, 0.15) is 5.82 Å². The number of amides is 1. The Morgan fingerprint density at radius 1 is 1.19 bits per heavy atom. The van der Waals surface area contributed by atoms with Crippen molar-refractivity contribution < 1.29 is 9.18 Å². The maximum absolute atomic E-state index is 13.8. The molecule has 3 nitrogen and oxygen atoms in total. The maximum atomic E-state index is 13.8. The molecule has 0 heterocycles. The summed E-state index contributed by atoms with van der Waals surface area (Å²) in [5, 5.41) is 2.77. The van der Waals surface area contributed by atoms with Gasteiger partial charge in [-0.25, -0.2) is 4.39 Å². The Morgan fingerprint density at radius 3 is 2.57 bits per heavy atom. The lowest BCUT2D eigenvalue weighted by Gasteiger charge is -2.18. The van der Waals surface area contributed by atoms with E-state index in [4.69, 9.17) is 0 Å². The first kappa shape index (κ1) is 15.5. The summed E-state index contributed by atoms with van der Waals surface area (Å²) in [4.78, 5) is 14.2. The van der Waals surface area contributed by atoms with E-state index in [9.17, 15) is 9.18 Å². The molecule has 0 aliphatic carbocycles. The molecule has 0 unspecified atom stereocenters. The van der Waals surface area contributed by atoms with Gasteiger partial charge in [-0.3, -0.25) is 4.79 Å². The zero-order valence-corrected chi connectivity index (χ0v) is 13.7. The Kier molecular flexibility index (Phi) is 4.63. The lowest BCUT2D eigenvalue weighted by molar-refractivity contribution is 0.102. The number of hydrogen-bond acceptors (Lipinski definition) is 2. The van der Waals surface area contributed by atoms with Crippen LogP contribution in [0.15, 0.2) is 40.9 Å². The first-order valence-corrected chi connectivity index (χ1v) is 7.22. The van der Waals surface area contributed by atoms with Gasteiger partial charge in [-0.2, -0.15) is 0 Å². The highest BCUT2D eigenvalue weighted by Crippen LogP contribution is 2.28. The van der Waals surface area contributed by atoms with E-state index < -0.39 is 11.7 Å². The molecule has 0 bridgehead atoms. The van der Waals surface area contributed by atoms with E-state index in [1.165, 1.54) is 12.1 Å². The number of nitrogens with zero attached hydrogens (tertiary/aromatic N) is 1. The lowest BCUT2D eigenvalue weighted by Crippen LogP contribution is -2.17. The number of aryl methyl sites for hydroxylation is 1. The molecule has 1 amide bonds. The first-order chi connectivity index (χ1) is 9.88. The maximum Gasteiger partial charge on any atom is 0.258 e. The second-order valence-corrected chi connectivity index (χ2v) is 5.91. The highest BCUT2D eigenvalue weighted by molar-refractivity contribution is 9.10. The van der Waals surface area contributed by atoms with E-state index >= 15 is 0 Å². The van der Waals surface area contributed by atoms with Crippen molar-refractivity contribution in [2.45, 2.75) is 6.92 Å². The van der Waals surface area contributed by atoms with Crippen LogP contribution in [0, 0.1) is 12.7 Å². The Bertz CT molecular complexity index is 686. The number of anilines is 2. The van der Waals surface area contributed by atoms with Crippen LogP contribution in [0.3, 0.4) is 0 Å². The summed E-state index contributed by atoms with van der Waals surface area (Å²) in [6.07, 6.45) is 0. The van der Waals surface area contributed by atoms with Gasteiger partial charge in [-0.1, -0.05) is 27.6 Å². The van der Waals surface area contributed by atoms with Gasteiger partial charge in [-0.15, -0.1) is 0 Å². The van der Waals surface area contributed by atoms with E-state index in [-0.39, 0.29) is 5.56 Å². The van der Waals surface area contributed by atoms with E-state index in [2.05, 4.69) is 21.2 Å². The number of benzene rings is 2. The predicted octanol–water partition coefficient (Wildman–Crippen LogP) is 4.21. The molecule has 2 rings (SSSR count). The van der Waals surface area contributed by atoms with Gasteiger partial charge in [0.25, 0.3) is 5.91 Å². The summed E-state index contributed by atoms with van der Waals surface area (Å²) in [6, 6.07) is 10.0. The summed E-state index contributed by atoms with van der Waals surface area (Å²) in [6.45, 7) is 1.82. The van der Waals surface area contributed by atoms with Crippen LogP contribution in [0.5, 0.6) is 0 Å². The van der Waals surface area contributed by atoms with Gasteiger partial charge in [0, 0.05) is 18.6 Å². The molecule has 110 valence electrons. The molecule has 0 spiro atoms. The average Bonchev–Trinajstić information content (AvgIpc) is 2.41. The van der Waals surface area contributed by atoms with Crippen LogP contribution in [0.25, 0.3) is 0 Å². The third kappa shape index (κ3) is 3.61. The molecule has 0 radical (unpaired) electrons. The molecule has 1 N–H and O–H groups in total. The molecule has 2 aromatic rings. The van der Waals surface area contributed by atoms with Crippen molar-refractivity contribution in [3.63, 3.8) is 0 Å². The third-order valence-electron chi connectivity index (χ3n) is 3.06. The Balaban J connectivity index is 2.35. The highest BCUT2D eigenvalue weighted by Gasteiger charge is 2.14. The van der Waals surface area contributed by atoms with Gasteiger partial charge < -0.3 is 10.2 Å². The van der Waals surface area contributed by atoms with Crippen LogP contribution in [0.2, 0.25) is 0 Å². The summed E-state index contributed by atoms with van der Waals surface area (Å²) in [5.74, 6) is -0.989. The van der Waals surface area contributed by atoms with Crippen LogP contribution in [0.4, 0.5) is 15.8 Å². The van der Waals surface area contributed by atoms with Crippen LogP contribution in [0.1, 0.15) is 15.9 Å². The molecule has 0 fully saturated rings. The Morgan fingerprint density at radius 2 is 1.90 bits per heavy atom. The van der Waals surface area contributed by atoms with Gasteiger partial charge in [0.05, 0.1) is 16.9 Å². The first-order valence-electron chi connectivity index (χ1n) is 6.43. The fourth-order valence-corrected chi connectivity index (χ4v) is 2.36. The minimum Gasteiger partial charge on any atom is -0.376 e. The molecule has 5 heteroatoms. The monoisotopic (exact) mass is 350 g/mol. The molecule has 0 aliphatic heterocycles. The van der Waals surface area contributed by atoms with E-state index in [1.807, 2.05) is 38.1 Å². The minimum atomic E-state index is -0.528. The molecule has 0 aliphatic rings. The van der Waals surface area contributed by atoms with Crippen molar-refractivity contribution >= 4 is 33.2 Å². The van der Waals surface area contributed by atoms with Crippen LogP contribution in [-0.4, -0.2) is 20.0 Å². The fraction of sp³-hybridized carbons (Fsp3) is 0.188. The van der Waals surface area contributed by atoms with Crippen molar-refractivity contribution in [2.24, 2.45) is 0 Å². The van der Waals surface area contributed by atoms with E-state index in [0.717, 1.165) is 15.7 Å². The number of rotatable bonds is 3. The zero-order valence-electron chi connectivity index (χ0n) is 12.1. The zero-order chi connectivity index (χ0) is 15.6. The molecule has 21 heavy (non-hydrogen) atoms. The average molecular weight is 351 g/mol. The molecular formula is C16H16BrFN2O. The summed E-state index contributed by atoms with van der Waals surface area (Å²) in [5.41, 5.74) is 2.35. The largest absolute Gasteiger partial charge is 0.376 e. The van der Waals surface area contributed by atoms with Gasteiger partial charge in [-0.05, 0) is 37.3 Å². The quantitative estimate of drug-likeness (QED) is 0.898. The van der Waals surface area contributed by atoms with E-state index in [1.54, 1.807) is 12.1 Å². The minimum absolute atomic E-state index is 0.0414. The molecule has 0 aromatic heterocycles. The van der Waals surface area contributed by atoms with Crippen molar-refractivity contribution in [1.82, 2.24) is 0 Å². The van der Waals surface area contributed by atoms with Crippen LogP contribution < -0.4 is 10.2 Å². The van der Waals surface area contributed by atoms with Gasteiger partial charge >= 0.3 is 0 Å². The van der Waals surface area contributed by atoms with Gasteiger partial charge in [0.15, 0.2) is 0 Å². The van der Waals surface area contributed by atoms with Gasteiger partial charge in [0.2, 0.25) is 0 Å². The summed E-state index contributed by atoms with van der Waals surface area (Å²) < 4.78 is 14.6. The second kappa shape index (κ2) is 6.26. The Labute approximate surface area is 131 Å². The normalized spacial score (nSPS) is 10.3. The topological polar surface area (TPSA) is 32.3 Å². The Hall–Kier alpha value is -1.88. The van der Waals surface area contributed by atoms with E-state index in [0.29, 0.717) is 5.69 Å². The summed E-state index contributed by atoms with van der Waals surface area (Å²) >= 11 is 3.37. The van der Waals surface area contributed by atoms with Crippen molar-refractivity contribution in [3.05, 3.63) is 57.8 Å². The number of carbonyl (C=O) groups excluding carboxylic acids is 1. The molecule has 0 saturated heterocycles. The number of halogens is 2. The fourth-order valence-electron chi connectivity index (χ4n) is 2.00. The molecular weight excluding hydrogens is 335 g/mol. The van der Waals surface area contributed by atoms with Crippen molar-refractivity contribution in [2.75, 3.05) is 24.3 Å². The second-order valence-electron chi connectivity index (χ2n) is 4.99. The smallest absolute Gasteiger partial charge is 0.258 e. The summed E-state index contributed by atoms with van der Waals surface area (Å²) in [7, 11) is 3.76. The number of nitrogens with one attached hydrogen (secondary N) is 1. The number of hydrogen-bond donors (Lipinski definition) is 1. The molecule has 0 saturated carbocycles. The lowest BCUT2D eigenvalue weighted by atomic mass is 10.1. The molecule has 0 atom stereocenters. The van der Waals surface area contributed by atoms with Crippen LogP contribution in [-0.2, 0) is 0 Å². The standard InChI is InChI=1S/C16H16BrFN2O/c1-10-4-6-13(18)12(8-10)16(21)19-14-9-11(17)5-7-15(14)20(2)3/h4-9H,1-3H3,(H,19,21). The SMILES string of the molecule is Cc1ccc(F)c(C(=O)Nc2cc(Br)ccc2N(C)C)c1. The highest BCUT2D eigenvalue weighted by atomic mass is 79.9. The van der Waals surface area contributed by atoms with Crippen molar-refractivity contribution in [1.29, 1.82) is 0 Å². The number of carbonyl (C=O) groups is 1. The van der Waals surface area contributed by atoms with Crippen LogP contribution >= 0.6 is 15.9 Å². The van der Waals surface area contributed by atoms with Crippen molar-refractivity contribution in [3.8, 4) is 0 Å². The third-order valence-corrected chi connectivity index (χ3v) is 3.55. The predicted molar refractivity (Wildman–Crippen MR) is 87.6 cm³/mol.